The highest BCUT2D eigenvalue weighted by molar-refractivity contribution is 5.82. The lowest BCUT2D eigenvalue weighted by Gasteiger charge is -2.21. The molecule has 0 radical (unpaired) electrons. The molecule has 0 spiro atoms. The van der Waals surface area contributed by atoms with E-state index in [0.29, 0.717) is 34.8 Å². The van der Waals surface area contributed by atoms with Crippen molar-refractivity contribution in [1.82, 2.24) is 34.2 Å². The summed E-state index contributed by atoms with van der Waals surface area (Å²) < 4.78 is 8.63. The van der Waals surface area contributed by atoms with E-state index in [2.05, 4.69) is 54.3 Å². The maximum Gasteiger partial charge on any atom is 0.280 e. The Morgan fingerprint density at radius 2 is 1.94 bits per heavy atom. The minimum atomic E-state index is -0.177. The van der Waals surface area contributed by atoms with Crippen molar-refractivity contribution in [3.63, 3.8) is 0 Å². The highest BCUT2D eigenvalue weighted by Gasteiger charge is 2.58. The molecule has 3 atom stereocenters. The summed E-state index contributed by atoms with van der Waals surface area (Å²) >= 11 is 0. The number of benzene rings is 1. The topological polar surface area (TPSA) is 108 Å². The summed E-state index contributed by atoms with van der Waals surface area (Å²) in [5, 5.41) is 5.39. The molecule has 2 aliphatic rings. The third-order valence-electron chi connectivity index (χ3n) is 6.93. The number of anilines is 1. The van der Waals surface area contributed by atoms with Crippen LogP contribution in [0.5, 0.6) is 0 Å². The second kappa shape index (κ2) is 6.71. The van der Waals surface area contributed by atoms with Crippen molar-refractivity contribution in [2.75, 3.05) is 18.0 Å². The molecule has 1 saturated carbocycles. The van der Waals surface area contributed by atoms with Gasteiger partial charge in [0.15, 0.2) is 17.0 Å². The van der Waals surface area contributed by atoms with Gasteiger partial charge in [-0.25, -0.2) is 9.97 Å². The molecule has 0 N–H and O–H groups in total. The number of hydrogen-bond donors (Lipinski definition) is 0. The molecular weight excluding hydrogens is 420 g/mol. The summed E-state index contributed by atoms with van der Waals surface area (Å²) in [5.41, 5.74) is 2.96. The minimum absolute atomic E-state index is 0.177. The third-order valence-corrected chi connectivity index (χ3v) is 6.93. The van der Waals surface area contributed by atoms with E-state index in [-0.39, 0.29) is 12.1 Å². The van der Waals surface area contributed by atoms with Crippen LogP contribution in [0.25, 0.3) is 22.1 Å². The van der Waals surface area contributed by atoms with Crippen molar-refractivity contribution in [2.45, 2.75) is 12.5 Å². The zero-order valence-electron chi connectivity index (χ0n) is 17.9. The molecule has 1 aliphatic carbocycles. The molecule has 33 heavy (non-hydrogen) atoms. The number of rotatable bonds is 4. The van der Waals surface area contributed by atoms with Crippen LogP contribution in [-0.4, -0.2) is 47.3 Å². The molecule has 5 heterocycles. The van der Waals surface area contributed by atoms with Crippen LogP contribution in [0.2, 0.25) is 0 Å². The van der Waals surface area contributed by atoms with E-state index in [1.165, 1.54) is 16.6 Å². The Morgan fingerprint density at radius 1 is 1.09 bits per heavy atom. The molecule has 7 rings (SSSR count). The van der Waals surface area contributed by atoms with Crippen LogP contribution in [0.4, 0.5) is 5.69 Å². The molecule has 1 saturated heterocycles. The first kappa shape index (κ1) is 18.5. The van der Waals surface area contributed by atoms with E-state index in [1.54, 1.807) is 17.9 Å². The lowest BCUT2D eigenvalue weighted by atomic mass is 10.1. The van der Waals surface area contributed by atoms with Crippen LogP contribution in [-0.2, 0) is 13.6 Å². The summed E-state index contributed by atoms with van der Waals surface area (Å²) in [7, 11) is 1.78. The third kappa shape index (κ3) is 2.86. The second-order valence-electron chi connectivity index (χ2n) is 8.89. The highest BCUT2D eigenvalue weighted by Crippen LogP contribution is 2.58. The first-order valence-corrected chi connectivity index (χ1v) is 10.9. The maximum atomic E-state index is 12.7. The first-order valence-electron chi connectivity index (χ1n) is 10.9. The fourth-order valence-electron chi connectivity index (χ4n) is 5.18. The Hall–Kier alpha value is -4.08. The number of pyridine rings is 1. The average molecular weight is 440 g/mol. The average Bonchev–Trinajstić information content (AvgIpc) is 3.24. The molecule has 1 aromatic carbocycles. The second-order valence-corrected chi connectivity index (χ2v) is 8.89. The van der Waals surface area contributed by atoms with Crippen molar-refractivity contribution >= 4 is 27.8 Å². The van der Waals surface area contributed by atoms with Crippen LogP contribution in [0.3, 0.4) is 0 Å². The SMILES string of the molecule is Cn1cnc2ncn(Cc3nc(C4[C@H]5CN(c6ccc7ncccc7c6)C[C@@H]45)no3)c(=O)c21. The van der Waals surface area contributed by atoms with Gasteiger partial charge in [-0.2, -0.15) is 4.98 Å². The summed E-state index contributed by atoms with van der Waals surface area (Å²) in [6, 6.07) is 10.5. The molecule has 1 aliphatic heterocycles. The number of hydrogen-bond acceptors (Lipinski definition) is 8. The van der Waals surface area contributed by atoms with Crippen molar-refractivity contribution in [3.8, 4) is 0 Å². The van der Waals surface area contributed by atoms with Crippen molar-refractivity contribution in [3.05, 3.63) is 71.3 Å². The van der Waals surface area contributed by atoms with E-state index in [0.717, 1.165) is 29.8 Å². The quantitative estimate of drug-likeness (QED) is 0.417. The van der Waals surface area contributed by atoms with Crippen LogP contribution >= 0.6 is 0 Å². The van der Waals surface area contributed by atoms with E-state index < -0.39 is 0 Å². The predicted octanol–water partition coefficient (Wildman–Crippen LogP) is 1.96. The first-order chi connectivity index (χ1) is 16.2. The van der Waals surface area contributed by atoms with Crippen LogP contribution < -0.4 is 10.5 Å². The normalized spacial score (nSPS) is 21.7. The molecule has 1 unspecified atom stereocenters. The monoisotopic (exact) mass is 440 g/mol. The number of fused-ring (bicyclic) bond motifs is 3. The Morgan fingerprint density at radius 3 is 2.82 bits per heavy atom. The lowest BCUT2D eigenvalue weighted by molar-refractivity contribution is 0.363. The van der Waals surface area contributed by atoms with Crippen LogP contribution in [0.15, 0.2) is 58.5 Å². The smallest absolute Gasteiger partial charge is 0.280 e. The fourth-order valence-corrected chi connectivity index (χ4v) is 5.18. The van der Waals surface area contributed by atoms with Gasteiger partial charge in [0.1, 0.15) is 12.9 Å². The van der Waals surface area contributed by atoms with Gasteiger partial charge in [-0.3, -0.25) is 14.3 Å². The molecule has 0 amide bonds. The minimum Gasteiger partial charge on any atom is -0.371 e. The van der Waals surface area contributed by atoms with E-state index in [4.69, 9.17) is 4.52 Å². The molecule has 0 bridgehead atoms. The van der Waals surface area contributed by atoms with Crippen LogP contribution in [0, 0.1) is 11.8 Å². The Balaban J connectivity index is 1.06. The summed E-state index contributed by atoms with van der Waals surface area (Å²) in [4.78, 5) is 32.5. The Kier molecular flexibility index (Phi) is 3.76. The maximum absolute atomic E-state index is 12.7. The Labute approximate surface area is 187 Å². The van der Waals surface area contributed by atoms with Gasteiger partial charge in [-0.05, 0) is 36.1 Å². The number of aromatic nitrogens is 7. The van der Waals surface area contributed by atoms with Crippen molar-refractivity contribution in [2.24, 2.45) is 18.9 Å². The molecule has 2 fully saturated rings. The fraction of sp³-hybridized carbons (Fsp3) is 0.304. The van der Waals surface area contributed by atoms with Gasteiger partial charge in [-0.1, -0.05) is 11.2 Å². The zero-order chi connectivity index (χ0) is 22.1. The summed E-state index contributed by atoms with van der Waals surface area (Å²) in [6.07, 6.45) is 4.88. The Bertz CT molecular complexity index is 1570. The molecule has 4 aromatic heterocycles. The van der Waals surface area contributed by atoms with Gasteiger partial charge in [0, 0.05) is 43.3 Å². The van der Waals surface area contributed by atoms with Gasteiger partial charge in [0.25, 0.3) is 5.56 Å². The number of piperidine rings is 1. The molecule has 10 nitrogen and oxygen atoms in total. The van der Waals surface area contributed by atoms with E-state index >= 15 is 0 Å². The number of aryl methyl sites for hydroxylation is 1. The zero-order valence-corrected chi connectivity index (χ0v) is 17.9. The van der Waals surface area contributed by atoms with Gasteiger partial charge in [0.05, 0.1) is 11.8 Å². The standard InChI is InChI=1S/C23H20N8O2/c1-29-11-25-22-20(29)23(32)31(12-26-22)10-18-27-21(28-33-18)19-15-8-30(9-16(15)19)14-4-5-17-13(7-14)3-2-6-24-17/h2-7,11-12,15-16,19H,8-10H2,1H3/t15-,16+,19?. The van der Waals surface area contributed by atoms with Gasteiger partial charge >= 0.3 is 0 Å². The number of nitrogens with zero attached hydrogens (tertiary/aromatic N) is 8. The largest absolute Gasteiger partial charge is 0.371 e. The van der Waals surface area contributed by atoms with Gasteiger partial charge in [-0.15, -0.1) is 0 Å². The van der Waals surface area contributed by atoms with Gasteiger partial charge in [0.2, 0.25) is 5.89 Å². The summed E-state index contributed by atoms with van der Waals surface area (Å²) in [5.74, 6) is 2.52. The lowest BCUT2D eigenvalue weighted by Crippen LogP contribution is -2.23. The van der Waals surface area contributed by atoms with Crippen LogP contribution in [0.1, 0.15) is 17.6 Å². The van der Waals surface area contributed by atoms with Crippen molar-refractivity contribution in [1.29, 1.82) is 0 Å². The highest BCUT2D eigenvalue weighted by atomic mass is 16.5. The van der Waals surface area contributed by atoms with E-state index in [1.807, 2.05) is 12.3 Å². The molecule has 10 heteroatoms. The molecular formula is C23H20N8O2. The molecule has 164 valence electrons. The van der Waals surface area contributed by atoms with Gasteiger partial charge < -0.3 is 14.0 Å². The number of imidazole rings is 1. The summed E-state index contributed by atoms with van der Waals surface area (Å²) in [6.45, 7) is 2.15. The molecule has 5 aromatic rings. The predicted molar refractivity (Wildman–Crippen MR) is 120 cm³/mol. The van der Waals surface area contributed by atoms with Crippen molar-refractivity contribution < 1.29 is 4.52 Å². The van der Waals surface area contributed by atoms with E-state index in [9.17, 15) is 4.79 Å².